The third-order valence-electron chi connectivity index (χ3n) is 3.83. The van der Waals surface area contributed by atoms with Crippen LogP contribution in [0.3, 0.4) is 0 Å². The van der Waals surface area contributed by atoms with Gasteiger partial charge in [-0.3, -0.25) is 4.79 Å². The summed E-state index contributed by atoms with van der Waals surface area (Å²) in [7, 11) is 0. The molecule has 1 atom stereocenters. The number of ether oxygens (including phenoxy) is 2. The predicted octanol–water partition coefficient (Wildman–Crippen LogP) is 3.76. The van der Waals surface area contributed by atoms with Gasteiger partial charge < -0.3 is 14.8 Å². The first-order valence-corrected chi connectivity index (χ1v) is 8.64. The van der Waals surface area contributed by atoms with Crippen LogP contribution in [-0.4, -0.2) is 25.1 Å². The number of carbonyl (C=O) groups excluding carboxylic acids is 2. The number of halogens is 1. The number of nitrogens with one attached hydrogen (secondary N) is 1. The second kappa shape index (κ2) is 9.25. The monoisotopic (exact) mass is 375 g/mol. The van der Waals surface area contributed by atoms with E-state index in [4.69, 9.17) is 21.1 Å². The van der Waals surface area contributed by atoms with Crippen molar-refractivity contribution in [1.29, 1.82) is 0 Å². The van der Waals surface area contributed by atoms with Gasteiger partial charge in [0.2, 0.25) is 0 Å². The molecule has 2 rings (SSSR count). The van der Waals surface area contributed by atoms with Crippen LogP contribution in [0.25, 0.3) is 0 Å². The Kier molecular flexibility index (Phi) is 7.04. The summed E-state index contributed by atoms with van der Waals surface area (Å²) in [5.41, 5.74) is 2.74. The molecular weight excluding hydrogens is 354 g/mol. The standard InChI is InChI=1S/C20H22ClNO4/c1-13-6-4-7-14(2)20(13)26-12-19(24)25-11-18(23)22-15(3)16-8-5-9-17(21)10-16/h4-10,15H,11-12H2,1-3H3,(H,22,23)/t15-/m0/s1. The molecule has 138 valence electrons. The molecule has 0 saturated heterocycles. The normalized spacial score (nSPS) is 11.5. The summed E-state index contributed by atoms with van der Waals surface area (Å²) in [5, 5.41) is 3.35. The first-order valence-electron chi connectivity index (χ1n) is 8.26. The van der Waals surface area contributed by atoms with E-state index in [-0.39, 0.29) is 19.3 Å². The lowest BCUT2D eigenvalue weighted by atomic mass is 10.1. The van der Waals surface area contributed by atoms with Gasteiger partial charge >= 0.3 is 5.97 Å². The maximum atomic E-state index is 11.9. The number of para-hydroxylation sites is 1. The van der Waals surface area contributed by atoms with Gasteiger partial charge in [0.25, 0.3) is 5.91 Å². The summed E-state index contributed by atoms with van der Waals surface area (Å²) >= 11 is 5.94. The molecule has 0 unspecified atom stereocenters. The quantitative estimate of drug-likeness (QED) is 0.748. The zero-order chi connectivity index (χ0) is 19.1. The number of aryl methyl sites for hydroxylation is 2. The Bertz CT molecular complexity index is 771. The van der Waals surface area contributed by atoms with Gasteiger partial charge in [-0.2, -0.15) is 0 Å². The van der Waals surface area contributed by atoms with E-state index in [1.807, 2.05) is 51.1 Å². The van der Waals surface area contributed by atoms with Crippen molar-refractivity contribution < 1.29 is 19.1 Å². The van der Waals surface area contributed by atoms with Crippen LogP contribution in [0.1, 0.15) is 29.7 Å². The Morgan fingerprint density at radius 3 is 2.38 bits per heavy atom. The summed E-state index contributed by atoms with van der Waals surface area (Å²) in [6, 6.07) is 12.7. The minimum atomic E-state index is -0.599. The number of carbonyl (C=O) groups is 2. The molecule has 0 heterocycles. The van der Waals surface area contributed by atoms with Crippen molar-refractivity contribution in [2.75, 3.05) is 13.2 Å². The molecule has 1 N–H and O–H groups in total. The molecule has 1 amide bonds. The fraction of sp³-hybridized carbons (Fsp3) is 0.300. The summed E-state index contributed by atoms with van der Waals surface area (Å²) in [6.07, 6.45) is 0. The number of esters is 1. The molecule has 0 saturated carbocycles. The average molecular weight is 376 g/mol. The molecule has 5 nitrogen and oxygen atoms in total. The van der Waals surface area contributed by atoms with E-state index >= 15 is 0 Å². The third kappa shape index (κ3) is 5.77. The van der Waals surface area contributed by atoms with Crippen molar-refractivity contribution in [1.82, 2.24) is 5.32 Å². The molecule has 0 radical (unpaired) electrons. The lowest BCUT2D eigenvalue weighted by molar-refractivity contribution is -0.150. The van der Waals surface area contributed by atoms with Crippen molar-refractivity contribution in [2.24, 2.45) is 0 Å². The van der Waals surface area contributed by atoms with Crippen LogP contribution in [0.2, 0.25) is 5.02 Å². The van der Waals surface area contributed by atoms with Crippen LogP contribution in [0.4, 0.5) is 0 Å². The van der Waals surface area contributed by atoms with Gasteiger partial charge in [-0.05, 0) is 49.6 Å². The lowest BCUT2D eigenvalue weighted by Gasteiger charge is -2.15. The van der Waals surface area contributed by atoms with Crippen LogP contribution in [0.15, 0.2) is 42.5 Å². The van der Waals surface area contributed by atoms with E-state index in [9.17, 15) is 9.59 Å². The highest BCUT2D eigenvalue weighted by atomic mass is 35.5. The SMILES string of the molecule is Cc1cccc(C)c1OCC(=O)OCC(=O)N[C@@H](C)c1cccc(Cl)c1. The molecule has 0 fully saturated rings. The highest BCUT2D eigenvalue weighted by molar-refractivity contribution is 6.30. The summed E-state index contributed by atoms with van der Waals surface area (Å²) < 4.78 is 10.5. The third-order valence-corrected chi connectivity index (χ3v) is 4.07. The molecule has 0 bridgehead atoms. The smallest absolute Gasteiger partial charge is 0.344 e. The summed E-state index contributed by atoms with van der Waals surface area (Å²) in [4.78, 5) is 23.7. The Balaban J connectivity index is 1.77. The number of hydrogen-bond acceptors (Lipinski definition) is 4. The predicted molar refractivity (Wildman–Crippen MR) is 100 cm³/mol. The van der Waals surface area contributed by atoms with Crippen LogP contribution in [0.5, 0.6) is 5.75 Å². The van der Waals surface area contributed by atoms with E-state index in [0.29, 0.717) is 10.8 Å². The van der Waals surface area contributed by atoms with Crippen molar-refractivity contribution >= 4 is 23.5 Å². The van der Waals surface area contributed by atoms with Crippen LogP contribution in [0, 0.1) is 13.8 Å². The topological polar surface area (TPSA) is 64.6 Å². The van der Waals surface area contributed by atoms with E-state index in [2.05, 4.69) is 5.32 Å². The van der Waals surface area contributed by atoms with Gasteiger partial charge in [0.15, 0.2) is 13.2 Å². The average Bonchev–Trinajstić information content (AvgIpc) is 2.59. The molecule has 0 aromatic heterocycles. The first kappa shape index (κ1) is 19.8. The lowest BCUT2D eigenvalue weighted by Crippen LogP contribution is -2.32. The van der Waals surface area contributed by atoms with E-state index < -0.39 is 11.9 Å². The molecule has 6 heteroatoms. The van der Waals surface area contributed by atoms with Gasteiger partial charge in [0.05, 0.1) is 6.04 Å². The zero-order valence-corrected chi connectivity index (χ0v) is 15.8. The van der Waals surface area contributed by atoms with Crippen LogP contribution >= 0.6 is 11.6 Å². The summed E-state index contributed by atoms with van der Waals surface area (Å²) in [5.74, 6) is -0.334. The molecular formula is C20H22ClNO4. The van der Waals surface area contributed by atoms with Gasteiger partial charge in [-0.15, -0.1) is 0 Å². The zero-order valence-electron chi connectivity index (χ0n) is 15.0. The number of hydrogen-bond donors (Lipinski definition) is 1. The number of rotatable bonds is 7. The number of amides is 1. The molecule has 0 aliphatic carbocycles. The maximum absolute atomic E-state index is 11.9. The molecule has 26 heavy (non-hydrogen) atoms. The Labute approximate surface area is 158 Å². The van der Waals surface area contributed by atoms with Crippen molar-refractivity contribution in [3.63, 3.8) is 0 Å². The minimum Gasteiger partial charge on any atom is -0.481 e. The van der Waals surface area contributed by atoms with Gasteiger partial charge in [-0.1, -0.05) is 41.9 Å². The molecule has 0 aliphatic rings. The minimum absolute atomic E-state index is 0.245. The van der Waals surface area contributed by atoms with Crippen molar-refractivity contribution in [3.05, 3.63) is 64.2 Å². The molecule has 0 aliphatic heterocycles. The van der Waals surface area contributed by atoms with E-state index in [0.717, 1.165) is 16.7 Å². The second-order valence-electron chi connectivity index (χ2n) is 6.01. The maximum Gasteiger partial charge on any atom is 0.344 e. The first-order chi connectivity index (χ1) is 12.4. The number of benzene rings is 2. The van der Waals surface area contributed by atoms with Crippen LogP contribution < -0.4 is 10.1 Å². The van der Waals surface area contributed by atoms with E-state index in [1.165, 1.54) is 0 Å². The van der Waals surface area contributed by atoms with Crippen molar-refractivity contribution in [2.45, 2.75) is 26.8 Å². The molecule has 0 spiro atoms. The molecule has 2 aromatic rings. The van der Waals surface area contributed by atoms with E-state index in [1.54, 1.807) is 12.1 Å². The van der Waals surface area contributed by atoms with Gasteiger partial charge in [-0.25, -0.2) is 4.79 Å². The Morgan fingerprint density at radius 2 is 1.73 bits per heavy atom. The van der Waals surface area contributed by atoms with Gasteiger partial charge in [0, 0.05) is 5.02 Å². The van der Waals surface area contributed by atoms with Gasteiger partial charge in [0.1, 0.15) is 5.75 Å². The fourth-order valence-corrected chi connectivity index (χ4v) is 2.69. The summed E-state index contributed by atoms with van der Waals surface area (Å²) in [6.45, 7) is 5.02. The second-order valence-corrected chi connectivity index (χ2v) is 6.45. The Hall–Kier alpha value is -2.53. The van der Waals surface area contributed by atoms with Crippen LogP contribution in [-0.2, 0) is 14.3 Å². The fourth-order valence-electron chi connectivity index (χ4n) is 2.49. The Morgan fingerprint density at radius 1 is 1.08 bits per heavy atom. The van der Waals surface area contributed by atoms with Crippen molar-refractivity contribution in [3.8, 4) is 5.75 Å². The highest BCUT2D eigenvalue weighted by Crippen LogP contribution is 2.22. The largest absolute Gasteiger partial charge is 0.481 e. The molecule has 2 aromatic carbocycles. The highest BCUT2D eigenvalue weighted by Gasteiger charge is 2.13.